The van der Waals surface area contributed by atoms with Crippen molar-refractivity contribution in [2.24, 2.45) is 0 Å². The topological polar surface area (TPSA) is 53.0 Å². The Kier molecular flexibility index (Phi) is 4.53. The molecule has 1 aromatic carbocycles. The molecular weight excluding hydrogens is 268 g/mol. The van der Waals surface area contributed by atoms with Crippen LogP contribution in [0, 0.1) is 0 Å². The van der Waals surface area contributed by atoms with E-state index in [4.69, 9.17) is 9.84 Å². The molecule has 1 fully saturated rings. The Morgan fingerprint density at radius 3 is 2.95 bits per heavy atom. The summed E-state index contributed by atoms with van der Waals surface area (Å²) in [6.07, 6.45) is 1.01. The average Bonchev–Trinajstić information content (AvgIpc) is 2.71. The normalized spacial score (nSPS) is 24.3. The third-order valence-corrected chi connectivity index (χ3v) is 4.37. The molecule has 2 aliphatic rings. The standard InChI is InChI=1S/C16H22N2O3/c19-16(20)10-17-6-3-7-18(9-8-17)15-12-21-11-13-4-1-2-5-14(13)15/h1-2,4-5,15H,3,6-12H2,(H,19,20). The molecule has 0 bridgehead atoms. The van der Waals surface area contributed by atoms with Gasteiger partial charge < -0.3 is 9.84 Å². The Morgan fingerprint density at radius 1 is 1.24 bits per heavy atom. The molecule has 21 heavy (non-hydrogen) atoms. The Balaban J connectivity index is 1.69. The molecule has 0 spiro atoms. The Bertz CT molecular complexity index is 506. The molecule has 1 unspecified atom stereocenters. The van der Waals surface area contributed by atoms with E-state index in [-0.39, 0.29) is 6.54 Å². The van der Waals surface area contributed by atoms with E-state index in [2.05, 4.69) is 29.2 Å². The van der Waals surface area contributed by atoms with Crippen LogP contribution in [0.1, 0.15) is 23.6 Å². The van der Waals surface area contributed by atoms with Crippen molar-refractivity contribution in [2.75, 3.05) is 39.3 Å². The molecule has 2 heterocycles. The summed E-state index contributed by atoms with van der Waals surface area (Å²) in [7, 11) is 0. The summed E-state index contributed by atoms with van der Waals surface area (Å²) < 4.78 is 5.74. The van der Waals surface area contributed by atoms with Gasteiger partial charge in [0.2, 0.25) is 0 Å². The Morgan fingerprint density at radius 2 is 2.10 bits per heavy atom. The number of hydrogen-bond donors (Lipinski definition) is 1. The van der Waals surface area contributed by atoms with Crippen LogP contribution in [0.3, 0.4) is 0 Å². The number of ether oxygens (including phenoxy) is 1. The van der Waals surface area contributed by atoms with Crippen LogP contribution in [0.2, 0.25) is 0 Å². The lowest BCUT2D eigenvalue weighted by atomic mass is 9.97. The maximum atomic E-state index is 10.9. The van der Waals surface area contributed by atoms with Crippen LogP contribution in [-0.2, 0) is 16.1 Å². The summed E-state index contributed by atoms with van der Waals surface area (Å²) >= 11 is 0. The molecule has 0 aliphatic carbocycles. The highest BCUT2D eigenvalue weighted by Gasteiger charge is 2.28. The lowest BCUT2D eigenvalue weighted by Gasteiger charge is -2.35. The first-order valence-electron chi connectivity index (χ1n) is 7.58. The van der Waals surface area contributed by atoms with Crippen LogP contribution < -0.4 is 0 Å². The minimum absolute atomic E-state index is 0.144. The van der Waals surface area contributed by atoms with Crippen LogP contribution in [0.25, 0.3) is 0 Å². The number of fused-ring (bicyclic) bond motifs is 1. The summed E-state index contributed by atoms with van der Waals surface area (Å²) in [5.74, 6) is -0.741. The minimum Gasteiger partial charge on any atom is -0.480 e. The van der Waals surface area contributed by atoms with Crippen LogP contribution in [0.4, 0.5) is 0 Å². The van der Waals surface area contributed by atoms with E-state index in [1.54, 1.807) is 0 Å². The second kappa shape index (κ2) is 6.56. The Labute approximate surface area is 125 Å². The first-order chi connectivity index (χ1) is 10.2. The van der Waals surface area contributed by atoms with Crippen LogP contribution in [-0.4, -0.2) is 60.2 Å². The Hall–Kier alpha value is -1.43. The smallest absolute Gasteiger partial charge is 0.317 e. The zero-order valence-electron chi connectivity index (χ0n) is 12.2. The monoisotopic (exact) mass is 290 g/mol. The van der Waals surface area contributed by atoms with Crippen molar-refractivity contribution < 1.29 is 14.6 Å². The molecule has 1 N–H and O–H groups in total. The van der Waals surface area contributed by atoms with Crippen molar-refractivity contribution in [2.45, 2.75) is 19.1 Å². The van der Waals surface area contributed by atoms with Crippen molar-refractivity contribution in [3.63, 3.8) is 0 Å². The molecule has 114 valence electrons. The molecule has 0 saturated carbocycles. The zero-order chi connectivity index (χ0) is 14.7. The van der Waals surface area contributed by atoms with Gasteiger partial charge in [-0.15, -0.1) is 0 Å². The fourth-order valence-corrected chi connectivity index (χ4v) is 3.32. The van der Waals surface area contributed by atoms with Gasteiger partial charge in [0.05, 0.1) is 25.8 Å². The summed E-state index contributed by atoms with van der Waals surface area (Å²) in [5, 5.41) is 8.93. The van der Waals surface area contributed by atoms with E-state index >= 15 is 0 Å². The number of carboxylic acids is 1. The third-order valence-electron chi connectivity index (χ3n) is 4.37. The maximum absolute atomic E-state index is 10.9. The summed E-state index contributed by atoms with van der Waals surface area (Å²) in [4.78, 5) is 15.3. The number of hydrogen-bond acceptors (Lipinski definition) is 4. The number of benzene rings is 1. The molecule has 5 heteroatoms. The van der Waals surface area contributed by atoms with Crippen molar-refractivity contribution in [1.82, 2.24) is 9.80 Å². The van der Waals surface area contributed by atoms with Gasteiger partial charge in [-0.3, -0.25) is 14.6 Å². The van der Waals surface area contributed by atoms with Crippen LogP contribution >= 0.6 is 0 Å². The summed E-state index contributed by atoms with van der Waals surface area (Å²) in [5.41, 5.74) is 2.65. The lowest BCUT2D eigenvalue weighted by molar-refractivity contribution is -0.138. The molecule has 0 amide bonds. The van der Waals surface area contributed by atoms with E-state index in [0.717, 1.165) is 39.2 Å². The number of aliphatic carboxylic acids is 1. The molecule has 3 rings (SSSR count). The van der Waals surface area contributed by atoms with Crippen LogP contribution in [0.5, 0.6) is 0 Å². The van der Waals surface area contributed by atoms with Gasteiger partial charge in [-0.25, -0.2) is 0 Å². The fourth-order valence-electron chi connectivity index (χ4n) is 3.32. The van der Waals surface area contributed by atoms with Gasteiger partial charge in [0, 0.05) is 26.2 Å². The van der Waals surface area contributed by atoms with Crippen molar-refractivity contribution in [3.05, 3.63) is 35.4 Å². The van der Waals surface area contributed by atoms with Gasteiger partial charge in [-0.05, 0) is 17.5 Å². The SMILES string of the molecule is O=C(O)CN1CCCN(C2COCc3ccccc32)CC1. The van der Waals surface area contributed by atoms with E-state index in [9.17, 15) is 4.79 Å². The van der Waals surface area contributed by atoms with E-state index in [1.807, 2.05) is 4.90 Å². The number of carbonyl (C=O) groups is 1. The van der Waals surface area contributed by atoms with Gasteiger partial charge in [0.15, 0.2) is 0 Å². The predicted molar refractivity (Wildman–Crippen MR) is 79.1 cm³/mol. The first kappa shape index (κ1) is 14.5. The van der Waals surface area contributed by atoms with Crippen molar-refractivity contribution in [1.29, 1.82) is 0 Å². The molecule has 5 nitrogen and oxygen atoms in total. The van der Waals surface area contributed by atoms with Crippen molar-refractivity contribution >= 4 is 5.97 Å². The number of nitrogens with zero attached hydrogens (tertiary/aromatic N) is 2. The quantitative estimate of drug-likeness (QED) is 0.910. The third kappa shape index (κ3) is 3.43. The highest BCUT2D eigenvalue weighted by molar-refractivity contribution is 5.69. The summed E-state index contributed by atoms with van der Waals surface area (Å²) in [6, 6.07) is 8.78. The highest BCUT2D eigenvalue weighted by atomic mass is 16.5. The summed E-state index contributed by atoms with van der Waals surface area (Å²) in [6.45, 7) is 5.14. The zero-order valence-corrected chi connectivity index (χ0v) is 12.2. The highest BCUT2D eigenvalue weighted by Crippen LogP contribution is 2.30. The molecule has 2 aliphatic heterocycles. The number of carboxylic acid groups (broad SMARTS) is 1. The molecular formula is C16H22N2O3. The van der Waals surface area contributed by atoms with Gasteiger partial charge in [0.1, 0.15) is 0 Å². The molecule has 0 aromatic heterocycles. The predicted octanol–water partition coefficient (Wildman–Crippen LogP) is 1.35. The van der Waals surface area contributed by atoms with Gasteiger partial charge in [0.25, 0.3) is 0 Å². The molecule has 1 saturated heterocycles. The van der Waals surface area contributed by atoms with Crippen LogP contribution in [0.15, 0.2) is 24.3 Å². The van der Waals surface area contributed by atoms with E-state index in [1.165, 1.54) is 11.1 Å². The minimum atomic E-state index is -0.741. The van der Waals surface area contributed by atoms with Gasteiger partial charge in [-0.2, -0.15) is 0 Å². The molecule has 1 atom stereocenters. The van der Waals surface area contributed by atoms with E-state index < -0.39 is 5.97 Å². The van der Waals surface area contributed by atoms with Crippen molar-refractivity contribution in [3.8, 4) is 0 Å². The molecule has 0 radical (unpaired) electrons. The van der Waals surface area contributed by atoms with Gasteiger partial charge >= 0.3 is 5.97 Å². The largest absolute Gasteiger partial charge is 0.480 e. The fraction of sp³-hybridized carbons (Fsp3) is 0.562. The lowest BCUT2D eigenvalue weighted by Crippen LogP contribution is -2.38. The second-order valence-corrected chi connectivity index (χ2v) is 5.79. The van der Waals surface area contributed by atoms with Gasteiger partial charge in [-0.1, -0.05) is 24.3 Å². The second-order valence-electron chi connectivity index (χ2n) is 5.79. The first-order valence-corrected chi connectivity index (χ1v) is 7.58. The molecule has 1 aromatic rings. The number of rotatable bonds is 3. The maximum Gasteiger partial charge on any atom is 0.317 e. The average molecular weight is 290 g/mol. The van der Waals surface area contributed by atoms with E-state index in [0.29, 0.717) is 12.6 Å².